The van der Waals surface area contributed by atoms with Crippen molar-refractivity contribution in [1.29, 1.82) is 0 Å². The fourth-order valence-electron chi connectivity index (χ4n) is 3.18. The van der Waals surface area contributed by atoms with E-state index in [0.29, 0.717) is 9.35 Å². The molecule has 0 aliphatic heterocycles. The summed E-state index contributed by atoms with van der Waals surface area (Å²) >= 11 is 4.49. The zero-order valence-electron chi connectivity index (χ0n) is 15.6. The monoisotopic (exact) mass is 485 g/mol. The highest BCUT2D eigenvalue weighted by Gasteiger charge is 2.24. The molecule has 30 heavy (non-hydrogen) atoms. The number of hydrogen-bond donors (Lipinski definition) is 3. The van der Waals surface area contributed by atoms with Crippen LogP contribution in [0.4, 0.5) is 10.1 Å². The number of halogens is 2. The van der Waals surface area contributed by atoms with Crippen LogP contribution in [0.2, 0.25) is 0 Å². The van der Waals surface area contributed by atoms with Crippen LogP contribution in [-0.4, -0.2) is 22.8 Å². The number of thiophene rings is 1. The second kappa shape index (κ2) is 8.81. The van der Waals surface area contributed by atoms with Crippen LogP contribution in [0.25, 0.3) is 10.9 Å². The summed E-state index contributed by atoms with van der Waals surface area (Å²) in [6.07, 6.45) is 2.08. The molecular weight excluding hydrogens is 469 g/mol. The minimum atomic E-state index is -0.887. The van der Waals surface area contributed by atoms with Crippen LogP contribution < -0.4 is 10.6 Å². The Balaban J connectivity index is 1.60. The van der Waals surface area contributed by atoms with Gasteiger partial charge in [-0.25, -0.2) is 4.39 Å². The maximum Gasteiger partial charge on any atom is 0.262 e. The van der Waals surface area contributed by atoms with Crippen LogP contribution in [0.1, 0.15) is 15.2 Å². The predicted molar refractivity (Wildman–Crippen MR) is 120 cm³/mol. The predicted octanol–water partition coefficient (Wildman–Crippen LogP) is 5.11. The van der Waals surface area contributed by atoms with Crippen LogP contribution in [0.15, 0.2) is 70.6 Å². The van der Waals surface area contributed by atoms with E-state index in [1.165, 1.54) is 23.5 Å². The average molecular weight is 486 g/mol. The average Bonchev–Trinajstić information content (AvgIpc) is 3.40. The Morgan fingerprint density at radius 2 is 1.97 bits per heavy atom. The van der Waals surface area contributed by atoms with Crippen molar-refractivity contribution in [2.45, 2.75) is 12.5 Å². The summed E-state index contributed by atoms with van der Waals surface area (Å²) in [4.78, 5) is 29.3. The number of nitrogens with one attached hydrogen (secondary N) is 3. The number of carbonyl (C=O) groups excluding carboxylic acids is 2. The number of hydrogen-bond acceptors (Lipinski definition) is 3. The van der Waals surface area contributed by atoms with Crippen molar-refractivity contribution in [1.82, 2.24) is 10.3 Å². The Morgan fingerprint density at radius 1 is 1.13 bits per heavy atom. The highest BCUT2D eigenvalue weighted by atomic mass is 79.9. The number of fused-ring (bicyclic) bond motifs is 1. The minimum Gasteiger partial charge on any atom is -0.361 e. The van der Waals surface area contributed by atoms with Crippen LogP contribution in [0.3, 0.4) is 0 Å². The summed E-state index contributed by atoms with van der Waals surface area (Å²) in [5.74, 6) is -1.40. The summed E-state index contributed by atoms with van der Waals surface area (Å²) in [6.45, 7) is 0. The van der Waals surface area contributed by atoms with Gasteiger partial charge in [0.25, 0.3) is 5.91 Å². The van der Waals surface area contributed by atoms with E-state index in [1.807, 2.05) is 30.5 Å². The third-order valence-corrected chi connectivity index (χ3v) is 6.02. The van der Waals surface area contributed by atoms with Gasteiger partial charge >= 0.3 is 0 Å². The highest BCUT2D eigenvalue weighted by molar-refractivity contribution is 9.10. The number of carbonyl (C=O) groups is 2. The summed E-state index contributed by atoms with van der Waals surface area (Å²) in [7, 11) is 0. The lowest BCUT2D eigenvalue weighted by Gasteiger charge is -2.18. The van der Waals surface area contributed by atoms with E-state index in [0.717, 1.165) is 16.5 Å². The van der Waals surface area contributed by atoms with E-state index >= 15 is 0 Å². The topological polar surface area (TPSA) is 74.0 Å². The Morgan fingerprint density at radius 3 is 2.73 bits per heavy atom. The lowest BCUT2D eigenvalue weighted by Crippen LogP contribution is -2.45. The van der Waals surface area contributed by atoms with Gasteiger partial charge in [0.2, 0.25) is 5.91 Å². The molecule has 152 valence electrons. The molecule has 4 aromatic rings. The molecule has 8 heteroatoms. The largest absolute Gasteiger partial charge is 0.361 e. The molecule has 0 saturated heterocycles. The van der Waals surface area contributed by atoms with Gasteiger partial charge in [0.15, 0.2) is 0 Å². The van der Waals surface area contributed by atoms with Crippen molar-refractivity contribution in [3.8, 4) is 0 Å². The SMILES string of the molecule is O=C(NC(Cc1c[nH]c2ccccc12)C(=O)Nc1ccc(Br)cc1F)c1cccs1. The first-order valence-electron chi connectivity index (χ1n) is 9.16. The minimum absolute atomic E-state index is 0.0532. The molecule has 2 heterocycles. The van der Waals surface area contributed by atoms with Crippen molar-refractivity contribution < 1.29 is 14.0 Å². The lowest BCUT2D eigenvalue weighted by molar-refractivity contribution is -0.118. The zero-order chi connectivity index (χ0) is 21.1. The molecule has 0 bridgehead atoms. The fraction of sp³-hybridized carbons (Fsp3) is 0.0909. The zero-order valence-corrected chi connectivity index (χ0v) is 18.0. The first kappa shape index (κ1) is 20.3. The maximum absolute atomic E-state index is 14.2. The fourth-order valence-corrected chi connectivity index (χ4v) is 4.14. The van der Waals surface area contributed by atoms with Gasteiger partial charge in [0, 0.05) is 28.0 Å². The van der Waals surface area contributed by atoms with E-state index in [9.17, 15) is 14.0 Å². The maximum atomic E-state index is 14.2. The molecule has 2 aromatic heterocycles. The van der Waals surface area contributed by atoms with Gasteiger partial charge in [-0.1, -0.05) is 40.2 Å². The van der Waals surface area contributed by atoms with E-state index in [4.69, 9.17) is 0 Å². The van der Waals surface area contributed by atoms with Crippen LogP contribution in [-0.2, 0) is 11.2 Å². The summed E-state index contributed by atoms with van der Waals surface area (Å²) in [5.41, 5.74) is 1.88. The third kappa shape index (κ3) is 4.44. The number of benzene rings is 2. The standard InChI is InChI=1S/C22H17BrFN3O2S/c23-14-7-8-18(16(24)11-14)26-21(28)19(27-22(29)20-6-3-9-30-20)10-13-12-25-17-5-2-1-4-15(13)17/h1-9,11-12,19,25H,10H2,(H,26,28)(H,27,29). The summed E-state index contributed by atoms with van der Waals surface area (Å²) in [5, 5.41) is 8.14. The quantitative estimate of drug-likeness (QED) is 0.355. The third-order valence-electron chi connectivity index (χ3n) is 4.65. The number of anilines is 1. The molecular formula is C22H17BrFN3O2S. The van der Waals surface area contributed by atoms with E-state index in [2.05, 4.69) is 31.5 Å². The van der Waals surface area contributed by atoms with Crippen molar-refractivity contribution in [2.75, 3.05) is 5.32 Å². The first-order valence-corrected chi connectivity index (χ1v) is 10.8. The van der Waals surface area contributed by atoms with Crippen molar-refractivity contribution in [3.05, 3.63) is 86.9 Å². The van der Waals surface area contributed by atoms with Gasteiger partial charge < -0.3 is 15.6 Å². The van der Waals surface area contributed by atoms with Crippen LogP contribution in [0, 0.1) is 5.82 Å². The molecule has 0 saturated carbocycles. The molecule has 1 atom stereocenters. The highest BCUT2D eigenvalue weighted by Crippen LogP contribution is 2.22. The molecule has 2 amide bonds. The molecule has 0 spiro atoms. The Kier molecular flexibility index (Phi) is 5.96. The molecule has 0 radical (unpaired) electrons. The number of H-pyrrole nitrogens is 1. The van der Waals surface area contributed by atoms with Gasteiger partial charge in [0.05, 0.1) is 10.6 Å². The first-order chi connectivity index (χ1) is 14.5. The molecule has 0 aliphatic carbocycles. The number of aromatic amines is 1. The molecule has 5 nitrogen and oxygen atoms in total. The van der Waals surface area contributed by atoms with Crippen molar-refractivity contribution in [3.63, 3.8) is 0 Å². The number of amides is 2. The van der Waals surface area contributed by atoms with Gasteiger partial charge in [-0.05, 0) is 41.3 Å². The molecule has 4 rings (SSSR count). The lowest BCUT2D eigenvalue weighted by atomic mass is 10.0. The van der Waals surface area contributed by atoms with Gasteiger partial charge in [-0.3, -0.25) is 9.59 Å². The Hall–Kier alpha value is -2.97. The normalized spacial score (nSPS) is 11.9. The number of rotatable bonds is 6. The molecule has 0 fully saturated rings. The van der Waals surface area contributed by atoms with Gasteiger partial charge in [0.1, 0.15) is 11.9 Å². The number of aromatic nitrogens is 1. The van der Waals surface area contributed by atoms with E-state index in [1.54, 1.807) is 23.6 Å². The van der Waals surface area contributed by atoms with Gasteiger partial charge in [-0.2, -0.15) is 0 Å². The second-order valence-corrected chi connectivity index (χ2v) is 8.54. The molecule has 1 unspecified atom stereocenters. The molecule has 3 N–H and O–H groups in total. The smallest absolute Gasteiger partial charge is 0.262 e. The Labute approximate surface area is 184 Å². The summed E-state index contributed by atoms with van der Waals surface area (Å²) < 4.78 is 14.8. The number of para-hydroxylation sites is 1. The van der Waals surface area contributed by atoms with Crippen molar-refractivity contribution >= 4 is 55.7 Å². The Bertz CT molecular complexity index is 1210. The van der Waals surface area contributed by atoms with Gasteiger partial charge in [-0.15, -0.1) is 11.3 Å². The second-order valence-electron chi connectivity index (χ2n) is 6.68. The van der Waals surface area contributed by atoms with Crippen LogP contribution >= 0.6 is 27.3 Å². The van der Waals surface area contributed by atoms with E-state index < -0.39 is 17.8 Å². The molecule has 0 aliphatic rings. The molecule has 2 aromatic carbocycles. The van der Waals surface area contributed by atoms with Crippen LogP contribution in [0.5, 0.6) is 0 Å². The van der Waals surface area contributed by atoms with E-state index in [-0.39, 0.29) is 18.0 Å². The summed E-state index contributed by atoms with van der Waals surface area (Å²) in [6, 6.07) is 14.7. The van der Waals surface area contributed by atoms with Crippen molar-refractivity contribution in [2.24, 2.45) is 0 Å².